The molecule has 6 nitrogen and oxygen atoms in total. The number of nitrogens with two attached hydrogens (primary N) is 1. The van der Waals surface area contributed by atoms with E-state index in [0.29, 0.717) is 11.3 Å². The summed E-state index contributed by atoms with van der Waals surface area (Å²) in [6, 6.07) is 4.08. The average molecular weight is 264 g/mol. The molecule has 0 spiro atoms. The quantitative estimate of drug-likeness (QED) is 0.333. The number of nitro groups is 1. The van der Waals surface area contributed by atoms with Gasteiger partial charge in [-0.05, 0) is 11.6 Å². The number of benzene rings is 1. The van der Waals surface area contributed by atoms with Gasteiger partial charge in [0.2, 0.25) is 0 Å². The number of phenolic OH excluding ortho intramolecular Hbond substituents is 1. The van der Waals surface area contributed by atoms with Crippen molar-refractivity contribution in [3.8, 4) is 5.75 Å². The minimum Gasteiger partial charge on any atom is -0.502 e. The van der Waals surface area contributed by atoms with Crippen molar-refractivity contribution in [2.45, 2.75) is 5.75 Å². The van der Waals surface area contributed by atoms with Crippen molar-refractivity contribution < 1.29 is 10.0 Å². The maximum atomic E-state index is 10.5. The molecule has 1 rings (SSSR count). The van der Waals surface area contributed by atoms with Crippen molar-refractivity contribution in [2.24, 2.45) is 5.73 Å². The minimum atomic E-state index is -0.655. The highest BCUT2D eigenvalue weighted by molar-refractivity contribution is 8.13. The Morgan fingerprint density at radius 1 is 1.62 bits per heavy atom. The summed E-state index contributed by atoms with van der Waals surface area (Å²) in [7, 11) is 0. The smallest absolute Gasteiger partial charge is 0.310 e. The zero-order chi connectivity index (χ0) is 11.4. The highest BCUT2D eigenvalue weighted by atomic mass is 35.5. The van der Waals surface area contributed by atoms with Crippen molar-refractivity contribution in [3.63, 3.8) is 0 Å². The van der Waals surface area contributed by atoms with Gasteiger partial charge in [0.05, 0.1) is 4.92 Å². The molecule has 0 bridgehead atoms. The molecule has 88 valence electrons. The molecule has 16 heavy (non-hydrogen) atoms. The number of thioether (sulfide) groups is 1. The first kappa shape index (κ1) is 14.5. The van der Waals surface area contributed by atoms with E-state index in [1.54, 1.807) is 6.07 Å². The SMILES string of the molecule is Cl.N=C(N)SCc1ccc(O)c([N+](=O)[O-])c1. The molecule has 0 saturated carbocycles. The Kier molecular flexibility index (Phi) is 5.62. The molecule has 0 aromatic heterocycles. The van der Waals surface area contributed by atoms with E-state index in [9.17, 15) is 10.1 Å². The standard InChI is InChI=1S/C8H9N3O3S.ClH/c9-8(10)15-4-5-1-2-7(12)6(3-5)11(13)14;/h1-3,12H,4H2,(H3,9,10);1H. The van der Waals surface area contributed by atoms with Gasteiger partial charge >= 0.3 is 5.69 Å². The van der Waals surface area contributed by atoms with Crippen LogP contribution in [0.15, 0.2) is 18.2 Å². The summed E-state index contributed by atoms with van der Waals surface area (Å²) in [5.74, 6) is 0.00720. The van der Waals surface area contributed by atoms with Gasteiger partial charge in [-0.25, -0.2) is 0 Å². The number of nitrogens with zero attached hydrogens (tertiary/aromatic N) is 1. The number of hydrogen-bond acceptors (Lipinski definition) is 5. The number of rotatable bonds is 3. The Bertz CT molecular complexity index is 414. The van der Waals surface area contributed by atoms with Gasteiger partial charge in [-0.2, -0.15) is 0 Å². The fraction of sp³-hybridized carbons (Fsp3) is 0.125. The molecule has 0 atom stereocenters. The third kappa shape index (κ3) is 3.95. The molecule has 0 heterocycles. The summed E-state index contributed by atoms with van der Waals surface area (Å²) in [5.41, 5.74) is 5.43. The van der Waals surface area contributed by atoms with E-state index >= 15 is 0 Å². The number of amidine groups is 1. The molecule has 0 unspecified atom stereocenters. The summed E-state index contributed by atoms with van der Waals surface area (Å²) in [4.78, 5) is 9.83. The Balaban J connectivity index is 0.00000225. The van der Waals surface area contributed by atoms with Crippen molar-refractivity contribution in [1.82, 2.24) is 0 Å². The molecule has 0 fully saturated rings. The number of phenols is 1. The summed E-state index contributed by atoms with van der Waals surface area (Å²) >= 11 is 1.07. The Morgan fingerprint density at radius 3 is 2.75 bits per heavy atom. The maximum Gasteiger partial charge on any atom is 0.310 e. The highest BCUT2D eigenvalue weighted by Gasteiger charge is 2.13. The van der Waals surface area contributed by atoms with Crippen molar-refractivity contribution in [1.29, 1.82) is 5.41 Å². The van der Waals surface area contributed by atoms with Crippen LogP contribution in [0.4, 0.5) is 5.69 Å². The van der Waals surface area contributed by atoms with Crippen LogP contribution in [-0.2, 0) is 5.75 Å². The largest absolute Gasteiger partial charge is 0.502 e. The van der Waals surface area contributed by atoms with Crippen molar-refractivity contribution in [3.05, 3.63) is 33.9 Å². The lowest BCUT2D eigenvalue weighted by Crippen LogP contribution is -2.03. The lowest BCUT2D eigenvalue weighted by molar-refractivity contribution is -0.385. The molecular weight excluding hydrogens is 254 g/mol. The van der Waals surface area contributed by atoms with Gasteiger partial charge in [-0.15, -0.1) is 12.4 Å². The highest BCUT2D eigenvalue weighted by Crippen LogP contribution is 2.27. The number of nitrogens with one attached hydrogen (secondary N) is 1. The van der Waals surface area contributed by atoms with Crippen LogP contribution < -0.4 is 5.73 Å². The van der Waals surface area contributed by atoms with Crippen LogP contribution in [-0.4, -0.2) is 15.2 Å². The van der Waals surface area contributed by atoms with Gasteiger partial charge in [0.25, 0.3) is 0 Å². The maximum absolute atomic E-state index is 10.5. The Hall–Kier alpha value is -1.47. The lowest BCUT2D eigenvalue weighted by Gasteiger charge is -2.01. The molecule has 1 aromatic carbocycles. The van der Waals surface area contributed by atoms with Gasteiger partial charge in [0, 0.05) is 11.8 Å². The molecule has 8 heteroatoms. The van der Waals surface area contributed by atoms with Crippen molar-refractivity contribution in [2.75, 3.05) is 0 Å². The van der Waals surface area contributed by atoms with Crippen LogP contribution in [0.1, 0.15) is 5.56 Å². The van der Waals surface area contributed by atoms with E-state index in [1.807, 2.05) is 0 Å². The third-order valence-corrected chi connectivity index (χ3v) is 2.42. The zero-order valence-corrected chi connectivity index (χ0v) is 9.68. The van der Waals surface area contributed by atoms with E-state index in [1.165, 1.54) is 12.1 Å². The average Bonchev–Trinajstić information content (AvgIpc) is 2.16. The molecule has 1 aromatic rings. The molecule has 4 N–H and O–H groups in total. The van der Waals surface area contributed by atoms with Crippen LogP contribution >= 0.6 is 24.2 Å². The van der Waals surface area contributed by atoms with E-state index in [2.05, 4.69) is 0 Å². The first-order valence-electron chi connectivity index (χ1n) is 3.94. The van der Waals surface area contributed by atoms with Crippen LogP contribution in [0.3, 0.4) is 0 Å². The Morgan fingerprint density at radius 2 is 2.25 bits per heavy atom. The van der Waals surface area contributed by atoms with E-state index in [0.717, 1.165) is 11.8 Å². The predicted molar refractivity (Wildman–Crippen MR) is 65.2 cm³/mol. The minimum absolute atomic E-state index is 0. The predicted octanol–water partition coefficient (Wildman–Crippen LogP) is 1.85. The first-order chi connectivity index (χ1) is 7.00. The first-order valence-corrected chi connectivity index (χ1v) is 4.92. The monoisotopic (exact) mass is 263 g/mol. The van der Waals surface area contributed by atoms with Crippen LogP contribution in [0.2, 0.25) is 0 Å². The molecule has 0 aliphatic heterocycles. The fourth-order valence-electron chi connectivity index (χ4n) is 0.966. The van der Waals surface area contributed by atoms with Crippen LogP contribution in [0.5, 0.6) is 5.75 Å². The molecule has 0 aliphatic carbocycles. The zero-order valence-electron chi connectivity index (χ0n) is 8.04. The molecule has 0 radical (unpaired) electrons. The van der Waals surface area contributed by atoms with Crippen LogP contribution in [0, 0.1) is 15.5 Å². The second kappa shape index (κ2) is 6.19. The fourth-order valence-corrected chi connectivity index (χ4v) is 1.47. The molecule has 0 saturated heterocycles. The second-order valence-electron chi connectivity index (χ2n) is 2.73. The molecular formula is C8H10ClN3O3S. The number of hydrogen-bond donors (Lipinski definition) is 3. The summed E-state index contributed by atoms with van der Waals surface area (Å²) in [6.45, 7) is 0. The molecule has 0 amide bonds. The van der Waals surface area contributed by atoms with Crippen molar-refractivity contribution >= 4 is 35.0 Å². The topological polar surface area (TPSA) is 113 Å². The van der Waals surface area contributed by atoms with Gasteiger partial charge in [-0.3, -0.25) is 15.5 Å². The number of nitro benzene ring substituents is 1. The second-order valence-corrected chi connectivity index (χ2v) is 3.75. The number of halogens is 1. The van der Waals surface area contributed by atoms with Gasteiger partial charge in [0.15, 0.2) is 10.9 Å². The third-order valence-electron chi connectivity index (χ3n) is 1.63. The number of aromatic hydroxyl groups is 1. The van der Waals surface area contributed by atoms with Gasteiger partial charge < -0.3 is 10.8 Å². The van der Waals surface area contributed by atoms with Gasteiger partial charge in [-0.1, -0.05) is 17.8 Å². The summed E-state index contributed by atoms with van der Waals surface area (Å²) in [6.07, 6.45) is 0. The van der Waals surface area contributed by atoms with E-state index < -0.39 is 4.92 Å². The van der Waals surface area contributed by atoms with Crippen LogP contribution in [0.25, 0.3) is 0 Å². The van der Waals surface area contributed by atoms with E-state index in [4.69, 9.17) is 16.2 Å². The Labute approximate surface area is 102 Å². The normalized spacial score (nSPS) is 9.25. The summed E-state index contributed by atoms with van der Waals surface area (Å²) < 4.78 is 0. The van der Waals surface area contributed by atoms with Gasteiger partial charge in [0.1, 0.15) is 0 Å². The summed E-state index contributed by atoms with van der Waals surface area (Å²) in [5, 5.41) is 26.6. The van der Waals surface area contributed by atoms with E-state index in [-0.39, 0.29) is 29.0 Å². The molecule has 0 aliphatic rings. The lowest BCUT2D eigenvalue weighted by atomic mass is 10.2.